The maximum atomic E-state index is 5.86. The quantitative estimate of drug-likeness (QED) is 0.445. The highest BCUT2D eigenvalue weighted by molar-refractivity contribution is 5.16. The highest BCUT2D eigenvalue weighted by Gasteiger charge is 2.55. The second kappa shape index (κ2) is 3.13. The lowest BCUT2D eigenvalue weighted by molar-refractivity contribution is -0.00211. The number of allylic oxidation sites excluding steroid dienone is 1. The van der Waals surface area contributed by atoms with Crippen molar-refractivity contribution in [3.63, 3.8) is 0 Å². The summed E-state index contributed by atoms with van der Waals surface area (Å²) in [5, 5.41) is 0. The highest BCUT2D eigenvalue weighted by Crippen LogP contribution is 2.59. The molecule has 2 saturated carbocycles. The Morgan fingerprint density at radius 3 is 2.69 bits per heavy atom. The van der Waals surface area contributed by atoms with Crippen LogP contribution in [0.3, 0.4) is 0 Å². The van der Waals surface area contributed by atoms with E-state index in [0.29, 0.717) is 11.5 Å². The number of hydrogen-bond donors (Lipinski definition) is 0. The van der Waals surface area contributed by atoms with E-state index >= 15 is 0 Å². The van der Waals surface area contributed by atoms with E-state index in [2.05, 4.69) is 27.4 Å². The van der Waals surface area contributed by atoms with Gasteiger partial charge in [0.15, 0.2) is 0 Å². The van der Waals surface area contributed by atoms with Crippen LogP contribution in [0.1, 0.15) is 52.9 Å². The number of rotatable bonds is 0. The van der Waals surface area contributed by atoms with Gasteiger partial charge < -0.3 is 4.74 Å². The lowest BCUT2D eigenvalue weighted by Gasteiger charge is -2.53. The Bertz CT molecular complexity index is 330. The molecule has 2 aliphatic carbocycles. The summed E-state index contributed by atoms with van der Waals surface area (Å²) < 4.78 is 5.86. The van der Waals surface area contributed by atoms with E-state index in [1.807, 2.05) is 0 Å². The first-order valence-corrected chi connectivity index (χ1v) is 6.78. The van der Waals surface area contributed by atoms with Gasteiger partial charge in [0.25, 0.3) is 0 Å². The van der Waals surface area contributed by atoms with Crippen molar-refractivity contribution in [3.8, 4) is 0 Å². The normalized spacial score (nSPS) is 50.2. The van der Waals surface area contributed by atoms with Crippen LogP contribution in [0.4, 0.5) is 0 Å². The van der Waals surface area contributed by atoms with E-state index < -0.39 is 0 Å². The summed E-state index contributed by atoms with van der Waals surface area (Å²) in [6, 6.07) is 0. The predicted octanol–water partition coefficient (Wildman–Crippen LogP) is 3.94. The first kappa shape index (κ1) is 10.8. The number of epoxide rings is 1. The van der Waals surface area contributed by atoms with Gasteiger partial charge in [0.1, 0.15) is 0 Å². The van der Waals surface area contributed by atoms with Crippen molar-refractivity contribution in [2.75, 3.05) is 0 Å². The summed E-state index contributed by atoms with van der Waals surface area (Å²) in [4.78, 5) is 0. The van der Waals surface area contributed by atoms with Gasteiger partial charge in [0.05, 0.1) is 11.7 Å². The fraction of sp³-hybridized carbons (Fsp3) is 0.867. The summed E-state index contributed by atoms with van der Waals surface area (Å²) in [7, 11) is 0. The van der Waals surface area contributed by atoms with Crippen molar-refractivity contribution in [1.29, 1.82) is 0 Å². The van der Waals surface area contributed by atoms with E-state index in [4.69, 9.17) is 4.74 Å². The van der Waals surface area contributed by atoms with Gasteiger partial charge in [-0.1, -0.05) is 26.0 Å². The monoisotopic (exact) mass is 220 g/mol. The Kier molecular flexibility index (Phi) is 2.12. The van der Waals surface area contributed by atoms with E-state index in [9.17, 15) is 0 Å². The molecule has 0 bridgehead atoms. The Labute approximate surface area is 99.3 Å². The van der Waals surface area contributed by atoms with Gasteiger partial charge in [0.2, 0.25) is 0 Å². The molecule has 16 heavy (non-hydrogen) atoms. The second-order valence-corrected chi connectivity index (χ2v) is 7.06. The summed E-state index contributed by atoms with van der Waals surface area (Å²) in [5.41, 5.74) is 2.27. The van der Waals surface area contributed by atoms with Gasteiger partial charge in [-0.25, -0.2) is 0 Å². The molecule has 1 aliphatic heterocycles. The molecular weight excluding hydrogens is 196 g/mol. The molecule has 90 valence electrons. The van der Waals surface area contributed by atoms with Crippen LogP contribution < -0.4 is 0 Å². The summed E-state index contributed by atoms with van der Waals surface area (Å²) in [6.07, 6.45) is 6.89. The zero-order valence-electron chi connectivity index (χ0n) is 10.9. The topological polar surface area (TPSA) is 12.5 Å². The third kappa shape index (κ3) is 1.48. The maximum absolute atomic E-state index is 5.86. The first-order valence-electron chi connectivity index (χ1n) is 6.78. The van der Waals surface area contributed by atoms with Crippen molar-refractivity contribution >= 4 is 0 Å². The van der Waals surface area contributed by atoms with Crippen molar-refractivity contribution in [2.24, 2.45) is 17.3 Å². The van der Waals surface area contributed by atoms with Crippen LogP contribution in [-0.2, 0) is 4.74 Å². The number of hydrogen-bond acceptors (Lipinski definition) is 1. The summed E-state index contributed by atoms with van der Waals surface area (Å²) in [6.45, 7) is 11.5. The van der Waals surface area contributed by atoms with Crippen LogP contribution in [0.15, 0.2) is 12.2 Å². The fourth-order valence-electron chi connectivity index (χ4n) is 4.08. The third-order valence-electron chi connectivity index (χ3n) is 5.47. The number of ether oxygens (including phenoxy) is 1. The Balaban J connectivity index is 1.78. The van der Waals surface area contributed by atoms with E-state index in [1.54, 1.807) is 0 Å². The molecule has 3 rings (SSSR count). The standard InChI is InChI=1S/C15H24O/c1-10-5-6-13-15(4,16-13)8-7-12-11(10)9-14(12,2)3/h11-13H,1,5-9H2,2-4H3/t11-,12+,13+,15-/m1/s1. The van der Waals surface area contributed by atoms with Crippen LogP contribution in [-0.4, -0.2) is 11.7 Å². The average Bonchev–Trinajstić information content (AvgIpc) is 2.82. The average molecular weight is 220 g/mol. The molecule has 1 nitrogen and oxygen atoms in total. The lowest BCUT2D eigenvalue weighted by Crippen LogP contribution is -2.44. The molecule has 0 aromatic heterocycles. The van der Waals surface area contributed by atoms with Crippen molar-refractivity contribution in [1.82, 2.24) is 0 Å². The molecule has 0 unspecified atom stereocenters. The molecule has 0 N–H and O–H groups in total. The largest absolute Gasteiger partial charge is 0.366 e. The van der Waals surface area contributed by atoms with E-state index in [0.717, 1.165) is 11.8 Å². The zero-order valence-corrected chi connectivity index (χ0v) is 10.9. The van der Waals surface area contributed by atoms with E-state index in [1.165, 1.54) is 37.7 Å². The molecule has 3 fully saturated rings. The molecule has 0 spiro atoms. The molecule has 0 radical (unpaired) electrons. The minimum absolute atomic E-state index is 0.223. The van der Waals surface area contributed by atoms with Gasteiger partial charge in [-0.3, -0.25) is 0 Å². The Morgan fingerprint density at radius 1 is 1.25 bits per heavy atom. The highest BCUT2D eigenvalue weighted by atomic mass is 16.6. The summed E-state index contributed by atoms with van der Waals surface area (Å²) >= 11 is 0. The molecule has 0 amide bonds. The Morgan fingerprint density at radius 2 is 2.00 bits per heavy atom. The molecule has 0 aromatic rings. The molecule has 1 heterocycles. The fourth-order valence-corrected chi connectivity index (χ4v) is 4.08. The maximum Gasteiger partial charge on any atom is 0.0920 e. The van der Waals surface area contributed by atoms with Gasteiger partial charge in [-0.15, -0.1) is 0 Å². The molecule has 0 aromatic carbocycles. The summed E-state index contributed by atoms with van der Waals surface area (Å²) in [5.74, 6) is 1.68. The predicted molar refractivity (Wildman–Crippen MR) is 66.3 cm³/mol. The van der Waals surface area contributed by atoms with Crippen molar-refractivity contribution < 1.29 is 4.74 Å². The molecule has 4 atom stereocenters. The smallest absolute Gasteiger partial charge is 0.0920 e. The molecule has 1 saturated heterocycles. The number of fused-ring (bicyclic) bond motifs is 2. The Hall–Kier alpha value is -0.300. The first-order chi connectivity index (χ1) is 7.42. The van der Waals surface area contributed by atoms with Gasteiger partial charge in [-0.2, -0.15) is 0 Å². The van der Waals surface area contributed by atoms with Crippen LogP contribution in [0, 0.1) is 17.3 Å². The SMILES string of the molecule is C=C1CC[C@@H]2O[C@]2(C)CC[C@H]2[C@@H]1CC2(C)C. The van der Waals surface area contributed by atoms with Crippen LogP contribution >= 0.6 is 0 Å². The van der Waals surface area contributed by atoms with Gasteiger partial charge in [-0.05, 0) is 56.3 Å². The third-order valence-corrected chi connectivity index (χ3v) is 5.47. The minimum Gasteiger partial charge on any atom is -0.366 e. The van der Waals surface area contributed by atoms with E-state index in [-0.39, 0.29) is 5.60 Å². The van der Waals surface area contributed by atoms with Crippen LogP contribution in [0.2, 0.25) is 0 Å². The molecular formula is C15H24O. The van der Waals surface area contributed by atoms with Gasteiger partial charge in [0, 0.05) is 0 Å². The van der Waals surface area contributed by atoms with Crippen LogP contribution in [0.5, 0.6) is 0 Å². The zero-order chi connectivity index (χ0) is 11.6. The van der Waals surface area contributed by atoms with Crippen molar-refractivity contribution in [2.45, 2.75) is 64.6 Å². The second-order valence-electron chi connectivity index (χ2n) is 7.06. The molecule has 3 aliphatic rings. The molecule has 1 heteroatoms. The lowest BCUT2D eigenvalue weighted by atomic mass is 9.52. The van der Waals surface area contributed by atoms with Crippen LogP contribution in [0.25, 0.3) is 0 Å². The van der Waals surface area contributed by atoms with Crippen molar-refractivity contribution in [3.05, 3.63) is 12.2 Å². The van der Waals surface area contributed by atoms with Gasteiger partial charge >= 0.3 is 0 Å². The minimum atomic E-state index is 0.223.